The fourth-order valence-electron chi connectivity index (χ4n) is 1.29. The zero-order valence-electron chi connectivity index (χ0n) is 9.75. The quantitative estimate of drug-likeness (QED) is 0.725. The van der Waals surface area contributed by atoms with Crippen molar-refractivity contribution in [2.24, 2.45) is 0 Å². The van der Waals surface area contributed by atoms with Crippen molar-refractivity contribution in [2.45, 2.75) is 13.8 Å². The van der Waals surface area contributed by atoms with Gasteiger partial charge >= 0.3 is 0 Å². The van der Waals surface area contributed by atoms with Crippen LogP contribution in [0.5, 0.6) is 0 Å². The first kappa shape index (κ1) is 12.5. The van der Waals surface area contributed by atoms with Gasteiger partial charge in [0.2, 0.25) is 5.91 Å². The SMILES string of the molecule is CCOCCNc1ccc(NC(C)=O)cc1. The van der Waals surface area contributed by atoms with E-state index in [-0.39, 0.29) is 5.91 Å². The number of hydrogen-bond acceptors (Lipinski definition) is 3. The molecule has 0 aliphatic rings. The molecule has 0 fully saturated rings. The third kappa shape index (κ3) is 4.79. The van der Waals surface area contributed by atoms with Crippen LogP contribution >= 0.6 is 0 Å². The highest BCUT2D eigenvalue weighted by atomic mass is 16.5. The van der Waals surface area contributed by atoms with Crippen molar-refractivity contribution in [3.8, 4) is 0 Å². The summed E-state index contributed by atoms with van der Waals surface area (Å²) in [5, 5.41) is 5.94. The Morgan fingerprint density at radius 2 is 1.88 bits per heavy atom. The van der Waals surface area contributed by atoms with E-state index in [1.165, 1.54) is 6.92 Å². The minimum absolute atomic E-state index is 0.0583. The highest BCUT2D eigenvalue weighted by Gasteiger charge is 1.95. The molecule has 0 unspecified atom stereocenters. The summed E-state index contributed by atoms with van der Waals surface area (Å²) in [6, 6.07) is 7.59. The summed E-state index contributed by atoms with van der Waals surface area (Å²) in [6.45, 7) is 5.69. The average Bonchev–Trinajstić information content (AvgIpc) is 2.26. The Morgan fingerprint density at radius 3 is 2.44 bits per heavy atom. The highest BCUT2D eigenvalue weighted by molar-refractivity contribution is 5.88. The molecule has 0 heterocycles. The second kappa shape index (κ2) is 6.85. The minimum Gasteiger partial charge on any atom is -0.383 e. The van der Waals surface area contributed by atoms with Crippen molar-refractivity contribution in [3.05, 3.63) is 24.3 Å². The molecular weight excluding hydrogens is 204 g/mol. The summed E-state index contributed by atoms with van der Waals surface area (Å²) in [7, 11) is 0. The third-order valence-electron chi connectivity index (χ3n) is 1.98. The van der Waals surface area contributed by atoms with Gasteiger partial charge in [-0.2, -0.15) is 0 Å². The lowest BCUT2D eigenvalue weighted by molar-refractivity contribution is -0.114. The first-order chi connectivity index (χ1) is 7.72. The molecule has 0 aromatic heterocycles. The van der Waals surface area contributed by atoms with Gasteiger partial charge in [-0.3, -0.25) is 4.79 Å². The molecule has 2 N–H and O–H groups in total. The number of ether oxygens (including phenoxy) is 1. The van der Waals surface area contributed by atoms with Crippen LogP contribution in [0.2, 0.25) is 0 Å². The van der Waals surface area contributed by atoms with E-state index in [1.807, 2.05) is 31.2 Å². The zero-order chi connectivity index (χ0) is 11.8. The Bertz CT molecular complexity index is 322. The van der Waals surface area contributed by atoms with Crippen LogP contribution in [0.1, 0.15) is 13.8 Å². The predicted molar refractivity (Wildman–Crippen MR) is 65.7 cm³/mol. The van der Waals surface area contributed by atoms with E-state index in [9.17, 15) is 4.79 Å². The van der Waals surface area contributed by atoms with E-state index in [4.69, 9.17) is 4.74 Å². The van der Waals surface area contributed by atoms with Gasteiger partial charge in [-0.25, -0.2) is 0 Å². The van der Waals surface area contributed by atoms with E-state index in [0.29, 0.717) is 6.61 Å². The van der Waals surface area contributed by atoms with Crippen LogP contribution in [0.25, 0.3) is 0 Å². The van der Waals surface area contributed by atoms with Crippen molar-refractivity contribution in [1.29, 1.82) is 0 Å². The van der Waals surface area contributed by atoms with Gasteiger partial charge in [-0.1, -0.05) is 0 Å². The van der Waals surface area contributed by atoms with Gasteiger partial charge in [0.15, 0.2) is 0 Å². The molecule has 0 saturated carbocycles. The van der Waals surface area contributed by atoms with Crippen molar-refractivity contribution in [1.82, 2.24) is 0 Å². The summed E-state index contributed by atoms with van der Waals surface area (Å²) in [6.07, 6.45) is 0. The lowest BCUT2D eigenvalue weighted by Gasteiger charge is -2.07. The summed E-state index contributed by atoms with van der Waals surface area (Å²) in [4.78, 5) is 10.8. The highest BCUT2D eigenvalue weighted by Crippen LogP contribution is 2.12. The maximum Gasteiger partial charge on any atom is 0.221 e. The topological polar surface area (TPSA) is 50.4 Å². The second-order valence-electron chi connectivity index (χ2n) is 3.38. The number of nitrogens with one attached hydrogen (secondary N) is 2. The monoisotopic (exact) mass is 222 g/mol. The lowest BCUT2D eigenvalue weighted by Crippen LogP contribution is -2.09. The Kier molecular flexibility index (Phi) is 5.36. The van der Waals surface area contributed by atoms with Crippen LogP contribution in [0, 0.1) is 0 Å². The second-order valence-corrected chi connectivity index (χ2v) is 3.38. The molecule has 0 saturated heterocycles. The Labute approximate surface area is 96.0 Å². The molecular formula is C12H18N2O2. The van der Waals surface area contributed by atoms with Crippen molar-refractivity contribution < 1.29 is 9.53 Å². The molecule has 1 aromatic rings. The van der Waals surface area contributed by atoms with E-state index in [0.717, 1.165) is 24.5 Å². The molecule has 1 aromatic carbocycles. The molecule has 4 nitrogen and oxygen atoms in total. The summed E-state index contributed by atoms with van der Waals surface area (Å²) in [5.74, 6) is -0.0583. The summed E-state index contributed by atoms with van der Waals surface area (Å²) < 4.78 is 5.21. The normalized spacial score (nSPS) is 9.88. The van der Waals surface area contributed by atoms with Crippen LogP contribution in [0.3, 0.4) is 0 Å². The molecule has 16 heavy (non-hydrogen) atoms. The largest absolute Gasteiger partial charge is 0.383 e. The van der Waals surface area contributed by atoms with Crippen LogP contribution in [-0.4, -0.2) is 25.7 Å². The fourth-order valence-corrected chi connectivity index (χ4v) is 1.29. The van der Waals surface area contributed by atoms with E-state index in [2.05, 4.69) is 10.6 Å². The molecule has 0 bridgehead atoms. The minimum atomic E-state index is -0.0583. The van der Waals surface area contributed by atoms with Crippen molar-refractivity contribution in [2.75, 3.05) is 30.4 Å². The Hall–Kier alpha value is -1.55. The predicted octanol–water partition coefficient (Wildman–Crippen LogP) is 2.09. The number of anilines is 2. The number of amides is 1. The van der Waals surface area contributed by atoms with Crippen LogP contribution in [0.4, 0.5) is 11.4 Å². The number of carbonyl (C=O) groups excluding carboxylic acids is 1. The third-order valence-corrected chi connectivity index (χ3v) is 1.98. The smallest absolute Gasteiger partial charge is 0.221 e. The lowest BCUT2D eigenvalue weighted by atomic mass is 10.3. The summed E-state index contributed by atoms with van der Waals surface area (Å²) in [5.41, 5.74) is 1.83. The number of hydrogen-bond donors (Lipinski definition) is 2. The molecule has 0 aliphatic heterocycles. The van der Waals surface area contributed by atoms with E-state index >= 15 is 0 Å². The van der Waals surface area contributed by atoms with Gasteiger partial charge in [0.25, 0.3) is 0 Å². The van der Waals surface area contributed by atoms with Gasteiger partial charge in [-0.05, 0) is 31.2 Å². The van der Waals surface area contributed by atoms with E-state index < -0.39 is 0 Å². The molecule has 0 atom stereocenters. The van der Waals surface area contributed by atoms with Gasteiger partial charge < -0.3 is 15.4 Å². The maximum absolute atomic E-state index is 10.8. The van der Waals surface area contributed by atoms with E-state index in [1.54, 1.807) is 0 Å². The van der Waals surface area contributed by atoms with Gasteiger partial charge in [-0.15, -0.1) is 0 Å². The average molecular weight is 222 g/mol. The molecule has 1 amide bonds. The molecule has 88 valence electrons. The first-order valence-electron chi connectivity index (χ1n) is 5.41. The molecule has 4 heteroatoms. The van der Waals surface area contributed by atoms with Crippen LogP contribution in [0.15, 0.2) is 24.3 Å². The van der Waals surface area contributed by atoms with Gasteiger partial charge in [0, 0.05) is 31.5 Å². The number of benzene rings is 1. The molecule has 0 radical (unpaired) electrons. The summed E-state index contributed by atoms with van der Waals surface area (Å²) >= 11 is 0. The molecule has 0 aliphatic carbocycles. The fraction of sp³-hybridized carbons (Fsp3) is 0.417. The van der Waals surface area contributed by atoms with Crippen LogP contribution < -0.4 is 10.6 Å². The van der Waals surface area contributed by atoms with Crippen LogP contribution in [-0.2, 0) is 9.53 Å². The number of rotatable bonds is 6. The van der Waals surface area contributed by atoms with Crippen molar-refractivity contribution in [3.63, 3.8) is 0 Å². The van der Waals surface area contributed by atoms with Crippen molar-refractivity contribution >= 4 is 17.3 Å². The Balaban J connectivity index is 2.36. The van der Waals surface area contributed by atoms with Gasteiger partial charge in [0.05, 0.1) is 6.61 Å². The first-order valence-corrected chi connectivity index (χ1v) is 5.41. The standard InChI is InChI=1S/C12H18N2O2/c1-3-16-9-8-13-11-4-6-12(7-5-11)14-10(2)15/h4-7,13H,3,8-9H2,1-2H3,(H,14,15). The Morgan fingerprint density at radius 1 is 1.25 bits per heavy atom. The maximum atomic E-state index is 10.8. The molecule has 1 rings (SSSR count). The van der Waals surface area contributed by atoms with Gasteiger partial charge in [0.1, 0.15) is 0 Å². The molecule has 0 spiro atoms. The zero-order valence-corrected chi connectivity index (χ0v) is 9.75. The number of carbonyl (C=O) groups is 1.